The van der Waals surface area contributed by atoms with Crippen LogP contribution in [0.5, 0.6) is 5.75 Å². The van der Waals surface area contributed by atoms with Crippen molar-refractivity contribution in [2.75, 3.05) is 32.9 Å². The molecule has 1 aliphatic rings. The van der Waals surface area contributed by atoms with E-state index in [-0.39, 0.29) is 0 Å². The lowest BCUT2D eigenvalue weighted by molar-refractivity contribution is 0.0338. The second-order valence-corrected chi connectivity index (χ2v) is 5.22. The van der Waals surface area contributed by atoms with Crippen molar-refractivity contribution in [2.45, 2.75) is 20.4 Å². The number of aryl methyl sites for hydroxylation is 1. The molecule has 1 heterocycles. The van der Waals surface area contributed by atoms with Crippen LogP contribution in [-0.2, 0) is 11.3 Å². The molecule has 0 spiro atoms. The Labute approximate surface area is 127 Å². The predicted molar refractivity (Wildman–Crippen MR) is 86.3 cm³/mol. The monoisotopic (exact) mass is 285 g/mol. The van der Waals surface area contributed by atoms with E-state index in [9.17, 15) is 0 Å². The quantitative estimate of drug-likeness (QED) is 0.777. The van der Waals surface area contributed by atoms with E-state index < -0.39 is 0 Å². The molecule has 1 saturated heterocycles. The number of nitrogens with zero attached hydrogens (tertiary/aromatic N) is 1. The van der Waals surface area contributed by atoms with Crippen molar-refractivity contribution < 1.29 is 9.47 Å². The number of allylic oxidation sites excluding steroid dienone is 1. The van der Waals surface area contributed by atoms with Gasteiger partial charge in [0.2, 0.25) is 0 Å². The van der Waals surface area contributed by atoms with Crippen molar-refractivity contribution in [3.05, 3.63) is 34.9 Å². The molecule has 0 amide bonds. The molecule has 112 valence electrons. The minimum atomic E-state index is 0.295. The van der Waals surface area contributed by atoms with Crippen LogP contribution in [0, 0.1) is 19.3 Å². The largest absolute Gasteiger partial charge is 0.480 e. The molecule has 0 bridgehead atoms. The maximum Gasteiger partial charge on any atom is 0.148 e. The molecular weight excluding hydrogens is 262 g/mol. The minimum Gasteiger partial charge on any atom is -0.480 e. The number of rotatable bonds is 5. The predicted octanol–water partition coefficient (Wildman–Crippen LogP) is 2.87. The van der Waals surface area contributed by atoms with Crippen LogP contribution in [0.2, 0.25) is 0 Å². The maximum absolute atomic E-state index is 5.82. The Balaban J connectivity index is 2.29. The average molecular weight is 285 g/mol. The first-order chi connectivity index (χ1) is 10.2. The molecule has 3 nitrogen and oxygen atoms in total. The van der Waals surface area contributed by atoms with Crippen LogP contribution in [0.3, 0.4) is 0 Å². The Hall–Kier alpha value is -1.76. The van der Waals surface area contributed by atoms with E-state index in [1.165, 1.54) is 11.1 Å². The maximum atomic E-state index is 5.82. The molecule has 3 heteroatoms. The van der Waals surface area contributed by atoms with Gasteiger partial charge in [0.1, 0.15) is 12.4 Å². The van der Waals surface area contributed by atoms with Gasteiger partial charge < -0.3 is 9.47 Å². The van der Waals surface area contributed by atoms with Crippen molar-refractivity contribution in [1.82, 2.24) is 4.90 Å². The molecular formula is C18H23NO2. The highest BCUT2D eigenvalue weighted by Crippen LogP contribution is 2.29. The zero-order chi connectivity index (χ0) is 15.1. The first-order valence-electron chi connectivity index (χ1n) is 7.37. The number of ether oxygens (including phenoxy) is 2. The summed E-state index contributed by atoms with van der Waals surface area (Å²) in [4.78, 5) is 2.39. The van der Waals surface area contributed by atoms with Crippen LogP contribution in [-0.4, -0.2) is 37.8 Å². The van der Waals surface area contributed by atoms with Crippen LogP contribution >= 0.6 is 0 Å². The van der Waals surface area contributed by atoms with E-state index in [4.69, 9.17) is 15.9 Å². The number of hydrogen-bond acceptors (Lipinski definition) is 3. The number of morpholine rings is 1. The summed E-state index contributed by atoms with van der Waals surface area (Å²) in [6.45, 7) is 8.81. The van der Waals surface area contributed by atoms with E-state index in [2.05, 4.69) is 36.0 Å². The second kappa shape index (κ2) is 7.87. The molecule has 0 saturated carbocycles. The summed E-state index contributed by atoms with van der Waals surface area (Å²) < 4.78 is 11.2. The van der Waals surface area contributed by atoms with Gasteiger partial charge in [-0.05, 0) is 25.5 Å². The second-order valence-electron chi connectivity index (χ2n) is 5.22. The highest BCUT2D eigenvalue weighted by molar-refractivity contribution is 5.61. The SMILES string of the molecule is C#CCOc1c(C=CC)cc(C)cc1CN1CCOCC1. The summed E-state index contributed by atoms with van der Waals surface area (Å²) in [6, 6.07) is 4.32. The van der Waals surface area contributed by atoms with Gasteiger partial charge in [-0.25, -0.2) is 0 Å². The summed E-state index contributed by atoms with van der Waals surface area (Å²) in [5.41, 5.74) is 3.52. The van der Waals surface area contributed by atoms with Crippen LogP contribution in [0.25, 0.3) is 6.08 Å². The summed E-state index contributed by atoms with van der Waals surface area (Å²) in [5, 5.41) is 0. The van der Waals surface area contributed by atoms with Crippen molar-refractivity contribution in [2.24, 2.45) is 0 Å². The van der Waals surface area contributed by atoms with E-state index in [0.29, 0.717) is 6.61 Å². The number of hydrogen-bond donors (Lipinski definition) is 0. The standard InChI is InChI=1S/C18H23NO2/c1-4-6-16-12-15(3)13-17(18(16)21-9-5-2)14-19-7-10-20-11-8-19/h2,4,6,12-13H,7-11,14H2,1,3H3. The lowest BCUT2D eigenvalue weighted by atomic mass is 10.0. The van der Waals surface area contributed by atoms with E-state index in [0.717, 1.165) is 44.2 Å². The Morgan fingerprint density at radius 3 is 2.81 bits per heavy atom. The van der Waals surface area contributed by atoms with Gasteiger partial charge in [0, 0.05) is 30.8 Å². The molecule has 0 N–H and O–H groups in total. The Morgan fingerprint density at radius 1 is 1.38 bits per heavy atom. The van der Waals surface area contributed by atoms with E-state index in [1.807, 2.05) is 13.0 Å². The molecule has 0 aromatic heterocycles. The zero-order valence-electron chi connectivity index (χ0n) is 12.9. The van der Waals surface area contributed by atoms with Crippen LogP contribution in [0.15, 0.2) is 18.2 Å². The topological polar surface area (TPSA) is 21.7 Å². The van der Waals surface area contributed by atoms with Gasteiger partial charge in [-0.15, -0.1) is 6.42 Å². The smallest absolute Gasteiger partial charge is 0.148 e. The third-order valence-electron chi connectivity index (χ3n) is 3.48. The van der Waals surface area contributed by atoms with Crippen molar-refractivity contribution in [3.8, 4) is 18.1 Å². The van der Waals surface area contributed by atoms with Crippen LogP contribution < -0.4 is 4.74 Å². The van der Waals surface area contributed by atoms with Gasteiger partial charge >= 0.3 is 0 Å². The zero-order valence-corrected chi connectivity index (χ0v) is 12.9. The highest BCUT2D eigenvalue weighted by atomic mass is 16.5. The van der Waals surface area contributed by atoms with Gasteiger partial charge in [-0.2, -0.15) is 0 Å². The molecule has 1 aliphatic heterocycles. The van der Waals surface area contributed by atoms with Crippen LogP contribution in [0.1, 0.15) is 23.6 Å². The van der Waals surface area contributed by atoms with Gasteiger partial charge in [0.25, 0.3) is 0 Å². The van der Waals surface area contributed by atoms with Gasteiger partial charge in [-0.1, -0.05) is 24.1 Å². The fourth-order valence-electron chi connectivity index (χ4n) is 2.59. The number of terminal acetylenes is 1. The molecule has 0 atom stereocenters. The lowest BCUT2D eigenvalue weighted by Gasteiger charge is -2.27. The molecule has 1 aromatic rings. The molecule has 0 aliphatic carbocycles. The van der Waals surface area contributed by atoms with Crippen molar-refractivity contribution in [1.29, 1.82) is 0 Å². The fourth-order valence-corrected chi connectivity index (χ4v) is 2.59. The summed E-state index contributed by atoms with van der Waals surface area (Å²) in [5.74, 6) is 3.46. The summed E-state index contributed by atoms with van der Waals surface area (Å²) in [7, 11) is 0. The molecule has 0 radical (unpaired) electrons. The molecule has 21 heavy (non-hydrogen) atoms. The third kappa shape index (κ3) is 4.35. The summed E-state index contributed by atoms with van der Waals surface area (Å²) in [6.07, 6.45) is 9.44. The van der Waals surface area contributed by atoms with Gasteiger partial charge in [-0.3, -0.25) is 4.90 Å². The number of benzene rings is 1. The van der Waals surface area contributed by atoms with Crippen molar-refractivity contribution >= 4 is 6.08 Å². The van der Waals surface area contributed by atoms with Gasteiger partial charge in [0.15, 0.2) is 0 Å². The first kappa shape index (κ1) is 15.6. The molecule has 1 aromatic carbocycles. The Bertz CT molecular complexity index is 537. The average Bonchev–Trinajstić information content (AvgIpc) is 2.48. The Kier molecular flexibility index (Phi) is 5.86. The Morgan fingerprint density at radius 2 is 2.14 bits per heavy atom. The van der Waals surface area contributed by atoms with Crippen LogP contribution in [0.4, 0.5) is 0 Å². The molecule has 1 fully saturated rings. The normalized spacial score (nSPS) is 16.0. The minimum absolute atomic E-state index is 0.295. The van der Waals surface area contributed by atoms with E-state index >= 15 is 0 Å². The van der Waals surface area contributed by atoms with E-state index in [1.54, 1.807) is 0 Å². The highest BCUT2D eigenvalue weighted by Gasteiger charge is 2.15. The lowest BCUT2D eigenvalue weighted by Crippen LogP contribution is -2.35. The van der Waals surface area contributed by atoms with Crippen molar-refractivity contribution in [3.63, 3.8) is 0 Å². The first-order valence-corrected chi connectivity index (χ1v) is 7.37. The van der Waals surface area contributed by atoms with Gasteiger partial charge in [0.05, 0.1) is 13.2 Å². The fraction of sp³-hybridized carbons (Fsp3) is 0.444. The molecule has 2 rings (SSSR count). The summed E-state index contributed by atoms with van der Waals surface area (Å²) >= 11 is 0. The molecule has 0 unspecified atom stereocenters. The third-order valence-corrected chi connectivity index (χ3v) is 3.48.